The van der Waals surface area contributed by atoms with Crippen LogP contribution in [0.2, 0.25) is 0 Å². The summed E-state index contributed by atoms with van der Waals surface area (Å²) in [7, 11) is 0. The minimum atomic E-state index is -4.80. The molecule has 0 amide bonds. The zero-order chi connectivity index (χ0) is 11.6. The molecule has 15 heavy (non-hydrogen) atoms. The summed E-state index contributed by atoms with van der Waals surface area (Å²) in [5.74, 6) is 2.40. The van der Waals surface area contributed by atoms with E-state index in [4.69, 9.17) is 6.42 Å². The third kappa shape index (κ3) is 3.45. The number of benzene rings is 1. The van der Waals surface area contributed by atoms with Crippen LogP contribution in [0.25, 0.3) is 0 Å². The number of hydrogen-bond acceptors (Lipinski definition) is 0. The average molecular weight is 323 g/mol. The van der Waals surface area contributed by atoms with E-state index in [1.165, 1.54) is 12.1 Å². The minimum Gasteiger partial charge on any atom is -0.449 e. The molecule has 1 aromatic rings. The molecule has 0 saturated carbocycles. The lowest BCUT2D eigenvalue weighted by Gasteiger charge is -2.15. The summed E-state index contributed by atoms with van der Waals surface area (Å²) in [5.41, 5.74) is 1.64. The standard InChI is InChI=1S/C10H8BF3I/c1-3-9-4-8(6-11(12,13)14)5-10(15)7(9)2/h1,4-5H,6H2,2H3/q-1. The molecule has 0 radical (unpaired) electrons. The van der Waals surface area contributed by atoms with Crippen LogP contribution in [0.3, 0.4) is 0 Å². The lowest BCUT2D eigenvalue weighted by Crippen LogP contribution is -2.19. The molecule has 5 heteroatoms. The minimum absolute atomic E-state index is 0.241. The molecule has 0 aliphatic heterocycles. The summed E-state index contributed by atoms with van der Waals surface area (Å²) in [6, 6.07) is 2.97. The van der Waals surface area contributed by atoms with E-state index in [-0.39, 0.29) is 5.56 Å². The third-order valence-corrected chi connectivity index (χ3v) is 3.15. The van der Waals surface area contributed by atoms with E-state index >= 15 is 0 Å². The molecule has 0 atom stereocenters. The molecule has 0 fully saturated rings. The van der Waals surface area contributed by atoms with Crippen molar-refractivity contribution in [2.45, 2.75) is 13.2 Å². The number of terminal acetylenes is 1. The van der Waals surface area contributed by atoms with Crippen molar-refractivity contribution in [3.05, 3.63) is 32.4 Å². The summed E-state index contributed by atoms with van der Waals surface area (Å²) >= 11 is 1.99. The van der Waals surface area contributed by atoms with Crippen LogP contribution in [0.5, 0.6) is 0 Å². The molecule has 0 heterocycles. The molecule has 0 nitrogen and oxygen atoms in total. The van der Waals surface area contributed by atoms with Gasteiger partial charge in [0.05, 0.1) is 0 Å². The first-order chi connectivity index (χ1) is 6.83. The largest absolute Gasteiger partial charge is 0.482 e. The summed E-state index contributed by atoms with van der Waals surface area (Å²) in [5, 5.41) is 0. The Hall–Kier alpha value is -0.635. The maximum absolute atomic E-state index is 12.2. The van der Waals surface area contributed by atoms with Gasteiger partial charge >= 0.3 is 6.98 Å². The molecular weight excluding hydrogens is 315 g/mol. The molecule has 0 aromatic heterocycles. The van der Waals surface area contributed by atoms with Gasteiger partial charge in [0, 0.05) is 9.13 Å². The fourth-order valence-electron chi connectivity index (χ4n) is 1.27. The van der Waals surface area contributed by atoms with E-state index in [0.29, 0.717) is 5.56 Å². The lowest BCUT2D eigenvalue weighted by molar-refractivity contribution is 0.468. The zero-order valence-electron chi connectivity index (χ0n) is 8.03. The molecular formula is C10H8BF3I-. The Balaban J connectivity index is 3.13. The van der Waals surface area contributed by atoms with Crippen molar-refractivity contribution in [2.75, 3.05) is 0 Å². The van der Waals surface area contributed by atoms with Crippen molar-refractivity contribution in [3.8, 4) is 12.3 Å². The fourth-order valence-corrected chi connectivity index (χ4v) is 1.96. The second-order valence-corrected chi connectivity index (χ2v) is 4.47. The highest BCUT2D eigenvalue weighted by Crippen LogP contribution is 2.22. The van der Waals surface area contributed by atoms with Crippen molar-refractivity contribution in [1.29, 1.82) is 0 Å². The van der Waals surface area contributed by atoms with Crippen molar-refractivity contribution >= 4 is 29.6 Å². The molecule has 1 rings (SSSR count). The molecule has 0 aliphatic rings. The van der Waals surface area contributed by atoms with Crippen molar-refractivity contribution in [2.24, 2.45) is 0 Å². The van der Waals surface area contributed by atoms with Crippen LogP contribution in [0, 0.1) is 22.8 Å². The smallest absolute Gasteiger partial charge is 0.449 e. The molecule has 1 aromatic carbocycles. The van der Waals surface area contributed by atoms with E-state index in [1.807, 2.05) is 22.6 Å². The van der Waals surface area contributed by atoms with E-state index in [9.17, 15) is 12.9 Å². The number of halogens is 4. The lowest BCUT2D eigenvalue weighted by atomic mass is 9.81. The van der Waals surface area contributed by atoms with Crippen molar-refractivity contribution in [1.82, 2.24) is 0 Å². The Morgan fingerprint density at radius 1 is 1.40 bits per heavy atom. The monoisotopic (exact) mass is 323 g/mol. The topological polar surface area (TPSA) is 0 Å². The van der Waals surface area contributed by atoms with Gasteiger partial charge in [0.15, 0.2) is 0 Å². The van der Waals surface area contributed by atoms with Gasteiger partial charge in [-0.25, -0.2) is 0 Å². The van der Waals surface area contributed by atoms with Gasteiger partial charge in [-0.15, -0.1) is 6.42 Å². The Kier molecular flexibility index (Phi) is 3.71. The van der Waals surface area contributed by atoms with Crippen LogP contribution in [-0.2, 0) is 6.32 Å². The maximum atomic E-state index is 12.2. The summed E-state index contributed by atoms with van der Waals surface area (Å²) in [4.78, 5) is 0. The highest BCUT2D eigenvalue weighted by molar-refractivity contribution is 14.1. The molecule has 0 saturated heterocycles. The first-order valence-electron chi connectivity index (χ1n) is 4.30. The van der Waals surface area contributed by atoms with E-state index in [2.05, 4.69) is 5.92 Å². The van der Waals surface area contributed by atoms with Crippen LogP contribution in [0.4, 0.5) is 12.9 Å². The second kappa shape index (κ2) is 4.48. The summed E-state index contributed by atoms with van der Waals surface area (Å²) in [6.07, 6.45) is 4.35. The zero-order valence-corrected chi connectivity index (χ0v) is 10.2. The summed E-state index contributed by atoms with van der Waals surface area (Å²) < 4.78 is 37.4. The van der Waals surface area contributed by atoms with Crippen LogP contribution >= 0.6 is 22.6 Å². The Morgan fingerprint density at radius 2 is 2.00 bits per heavy atom. The van der Waals surface area contributed by atoms with Gasteiger partial charge in [-0.3, -0.25) is 0 Å². The highest BCUT2D eigenvalue weighted by Gasteiger charge is 2.23. The van der Waals surface area contributed by atoms with Gasteiger partial charge < -0.3 is 12.9 Å². The molecule has 80 valence electrons. The average Bonchev–Trinajstić information content (AvgIpc) is 2.08. The molecule has 0 aliphatic carbocycles. The fraction of sp³-hybridized carbons (Fsp3) is 0.200. The van der Waals surface area contributed by atoms with Gasteiger partial charge in [-0.1, -0.05) is 17.8 Å². The molecule has 0 bridgehead atoms. The number of hydrogen-bond donors (Lipinski definition) is 0. The van der Waals surface area contributed by atoms with Crippen LogP contribution in [0.1, 0.15) is 16.7 Å². The van der Waals surface area contributed by atoms with Gasteiger partial charge in [0.1, 0.15) is 0 Å². The Morgan fingerprint density at radius 3 is 2.47 bits per heavy atom. The van der Waals surface area contributed by atoms with Crippen LogP contribution < -0.4 is 0 Å². The maximum Gasteiger partial charge on any atom is 0.482 e. The highest BCUT2D eigenvalue weighted by atomic mass is 127. The first-order valence-corrected chi connectivity index (χ1v) is 5.38. The van der Waals surface area contributed by atoms with Crippen LogP contribution in [-0.4, -0.2) is 6.98 Å². The van der Waals surface area contributed by atoms with Gasteiger partial charge in [-0.2, -0.15) is 0 Å². The SMILES string of the molecule is C#Cc1cc(C[B-](F)(F)F)cc(I)c1C. The predicted molar refractivity (Wildman–Crippen MR) is 64.6 cm³/mol. The second-order valence-electron chi connectivity index (χ2n) is 3.31. The quantitative estimate of drug-likeness (QED) is 0.444. The molecule has 0 unspecified atom stereocenters. The first kappa shape index (κ1) is 12.4. The van der Waals surface area contributed by atoms with E-state index in [1.54, 1.807) is 6.92 Å². The van der Waals surface area contributed by atoms with Crippen LogP contribution in [0.15, 0.2) is 12.1 Å². The van der Waals surface area contributed by atoms with E-state index in [0.717, 1.165) is 9.13 Å². The normalized spacial score (nSPS) is 11.2. The third-order valence-electron chi connectivity index (χ3n) is 2.03. The van der Waals surface area contributed by atoms with E-state index < -0.39 is 13.3 Å². The van der Waals surface area contributed by atoms with Crippen molar-refractivity contribution in [3.63, 3.8) is 0 Å². The number of rotatable bonds is 2. The summed E-state index contributed by atoms with van der Waals surface area (Å²) in [6.45, 7) is -3.00. The van der Waals surface area contributed by atoms with Crippen molar-refractivity contribution < 1.29 is 12.9 Å². The predicted octanol–water partition coefficient (Wildman–Crippen LogP) is 3.51. The van der Waals surface area contributed by atoms with Gasteiger partial charge in [0.2, 0.25) is 0 Å². The molecule has 0 spiro atoms. The van der Waals surface area contributed by atoms with Gasteiger partial charge in [-0.05, 0) is 47.2 Å². The van der Waals surface area contributed by atoms with Gasteiger partial charge in [0.25, 0.3) is 0 Å². The Bertz CT molecular complexity index is 418. The molecule has 0 N–H and O–H groups in total. The Labute approximate surface area is 100 Å².